The predicted octanol–water partition coefficient (Wildman–Crippen LogP) is 3.15. The molecule has 1 amide bonds. The summed E-state index contributed by atoms with van der Waals surface area (Å²) >= 11 is 1.74. The van der Waals surface area contributed by atoms with Crippen molar-refractivity contribution < 1.29 is 4.79 Å². The van der Waals surface area contributed by atoms with E-state index in [1.807, 2.05) is 11.0 Å². The van der Waals surface area contributed by atoms with Gasteiger partial charge in [0, 0.05) is 43.7 Å². The molecule has 0 unspecified atom stereocenters. The summed E-state index contributed by atoms with van der Waals surface area (Å²) in [6.07, 6.45) is 5.13. The fourth-order valence-electron chi connectivity index (χ4n) is 4.51. The molecule has 1 atom stereocenters. The number of carbonyl (C=O) groups is 1. The Balaban J connectivity index is 1.39. The largest absolute Gasteiger partial charge is 0.327 e. The Morgan fingerprint density at radius 1 is 1.19 bits per heavy atom. The highest BCUT2D eigenvalue weighted by molar-refractivity contribution is 7.09. The average Bonchev–Trinajstić information content (AvgIpc) is 3.32. The molecule has 1 saturated heterocycles. The molecule has 0 bridgehead atoms. The maximum absolute atomic E-state index is 13.1. The molecule has 7 nitrogen and oxygen atoms in total. The minimum atomic E-state index is -0.217. The van der Waals surface area contributed by atoms with Crippen LogP contribution in [0.1, 0.15) is 57.8 Å². The summed E-state index contributed by atoms with van der Waals surface area (Å²) in [4.78, 5) is 43.6. The van der Waals surface area contributed by atoms with Gasteiger partial charge in [-0.1, -0.05) is 12.1 Å². The Morgan fingerprint density at radius 3 is 2.94 bits per heavy atom. The van der Waals surface area contributed by atoms with Crippen molar-refractivity contribution in [3.63, 3.8) is 0 Å². The molecule has 31 heavy (non-hydrogen) atoms. The number of piperidine rings is 1. The third kappa shape index (κ3) is 4.18. The second-order valence-electron chi connectivity index (χ2n) is 8.14. The number of pyridine rings is 1. The first-order chi connectivity index (χ1) is 15.2. The number of H-pyrrole nitrogens is 1. The van der Waals surface area contributed by atoms with E-state index in [4.69, 9.17) is 4.98 Å². The molecule has 5 rings (SSSR count). The molecule has 2 aliphatic heterocycles. The molecule has 0 saturated carbocycles. The van der Waals surface area contributed by atoms with Crippen molar-refractivity contribution in [3.8, 4) is 0 Å². The van der Waals surface area contributed by atoms with Gasteiger partial charge in [-0.2, -0.15) is 0 Å². The molecule has 8 heteroatoms. The van der Waals surface area contributed by atoms with E-state index in [1.165, 1.54) is 4.88 Å². The third-order valence-electron chi connectivity index (χ3n) is 6.09. The first-order valence-corrected chi connectivity index (χ1v) is 11.7. The third-order valence-corrected chi connectivity index (χ3v) is 6.95. The number of fused-ring (bicyclic) bond motifs is 1. The van der Waals surface area contributed by atoms with Crippen molar-refractivity contribution in [2.75, 3.05) is 13.1 Å². The highest BCUT2D eigenvalue weighted by Crippen LogP contribution is 2.30. The molecule has 0 aliphatic carbocycles. The van der Waals surface area contributed by atoms with Gasteiger partial charge in [-0.05, 0) is 42.8 Å². The minimum Gasteiger partial charge on any atom is -0.327 e. The fourth-order valence-corrected chi connectivity index (χ4v) is 5.26. The zero-order valence-electron chi connectivity index (χ0n) is 17.3. The van der Waals surface area contributed by atoms with E-state index in [0.717, 1.165) is 50.0 Å². The Hall–Kier alpha value is -2.84. The number of nitrogens with one attached hydrogen (secondary N) is 1. The number of rotatable bonds is 4. The number of aromatic amines is 1. The van der Waals surface area contributed by atoms with Gasteiger partial charge in [-0.3, -0.25) is 19.5 Å². The average molecular weight is 436 g/mol. The summed E-state index contributed by atoms with van der Waals surface area (Å²) in [7, 11) is 0. The molecule has 0 spiro atoms. The highest BCUT2D eigenvalue weighted by atomic mass is 32.1. The fraction of sp³-hybridized carbons (Fsp3) is 0.391. The van der Waals surface area contributed by atoms with E-state index in [-0.39, 0.29) is 17.5 Å². The topological polar surface area (TPSA) is 82.2 Å². The van der Waals surface area contributed by atoms with E-state index in [9.17, 15) is 9.59 Å². The summed E-state index contributed by atoms with van der Waals surface area (Å²) in [5.74, 6) is 0.507. The van der Waals surface area contributed by atoms with Gasteiger partial charge in [0.2, 0.25) is 0 Å². The summed E-state index contributed by atoms with van der Waals surface area (Å²) in [6.45, 7) is 2.99. The van der Waals surface area contributed by atoms with E-state index >= 15 is 0 Å². The molecule has 3 aromatic heterocycles. The maximum Gasteiger partial charge on any atom is 0.273 e. The van der Waals surface area contributed by atoms with Crippen LogP contribution in [0, 0.1) is 0 Å². The SMILES string of the molecule is O=C(c1ccccn1)N1CCCC[C@@H]1c1nc2c(c(=O)[nH]1)CN(Cc1cccs1)CC2. The number of amides is 1. The lowest BCUT2D eigenvalue weighted by Crippen LogP contribution is -2.41. The van der Waals surface area contributed by atoms with Crippen molar-refractivity contribution in [3.05, 3.63) is 79.9 Å². The van der Waals surface area contributed by atoms with Gasteiger partial charge in [-0.15, -0.1) is 11.3 Å². The lowest BCUT2D eigenvalue weighted by atomic mass is 9.99. The van der Waals surface area contributed by atoms with E-state index in [0.29, 0.717) is 24.6 Å². The summed E-state index contributed by atoms with van der Waals surface area (Å²) < 4.78 is 0. The van der Waals surface area contributed by atoms with Crippen LogP contribution < -0.4 is 5.56 Å². The molecule has 1 N–H and O–H groups in total. The zero-order chi connectivity index (χ0) is 21.2. The molecular formula is C23H25N5O2S. The van der Waals surface area contributed by atoms with Gasteiger partial charge in [0.25, 0.3) is 11.5 Å². The van der Waals surface area contributed by atoms with Crippen molar-refractivity contribution in [2.45, 2.75) is 44.8 Å². The van der Waals surface area contributed by atoms with Gasteiger partial charge in [0.1, 0.15) is 11.5 Å². The Morgan fingerprint density at radius 2 is 2.13 bits per heavy atom. The number of aromatic nitrogens is 3. The standard InChI is InChI=1S/C23H25N5O2S/c29-22-17-15-27(14-16-6-5-13-31-16)12-9-18(17)25-21(26-22)20-8-2-4-11-28(20)23(30)19-7-1-3-10-24-19/h1,3,5-7,10,13,20H,2,4,8-9,11-12,14-15H2,(H,25,26,29)/t20-/m1/s1. The van der Waals surface area contributed by atoms with Crippen molar-refractivity contribution >= 4 is 17.2 Å². The van der Waals surface area contributed by atoms with Crippen LogP contribution in [-0.2, 0) is 19.5 Å². The molecule has 0 radical (unpaired) electrons. The van der Waals surface area contributed by atoms with Gasteiger partial charge in [-0.25, -0.2) is 4.98 Å². The van der Waals surface area contributed by atoms with Crippen LogP contribution in [-0.4, -0.2) is 43.7 Å². The Labute approximate surface area is 184 Å². The lowest BCUT2D eigenvalue weighted by Gasteiger charge is -2.35. The summed E-state index contributed by atoms with van der Waals surface area (Å²) in [5.41, 5.74) is 1.98. The second kappa shape index (κ2) is 8.72. The normalized spacial score (nSPS) is 19.2. The van der Waals surface area contributed by atoms with Crippen molar-refractivity contribution in [1.29, 1.82) is 0 Å². The van der Waals surface area contributed by atoms with Gasteiger partial charge in [0.05, 0.1) is 17.3 Å². The van der Waals surface area contributed by atoms with Gasteiger partial charge >= 0.3 is 0 Å². The Bertz CT molecular complexity index is 1110. The lowest BCUT2D eigenvalue weighted by molar-refractivity contribution is 0.0592. The van der Waals surface area contributed by atoms with Crippen LogP contribution in [0.3, 0.4) is 0 Å². The van der Waals surface area contributed by atoms with Crippen LogP contribution >= 0.6 is 11.3 Å². The Kier molecular flexibility index (Phi) is 5.65. The van der Waals surface area contributed by atoms with Gasteiger partial charge < -0.3 is 9.88 Å². The van der Waals surface area contributed by atoms with Crippen LogP contribution in [0.5, 0.6) is 0 Å². The van der Waals surface area contributed by atoms with Crippen LogP contribution in [0.4, 0.5) is 0 Å². The summed E-state index contributed by atoms with van der Waals surface area (Å²) in [5, 5.41) is 2.08. The predicted molar refractivity (Wildman–Crippen MR) is 119 cm³/mol. The number of thiophene rings is 1. The van der Waals surface area contributed by atoms with Gasteiger partial charge in [0.15, 0.2) is 0 Å². The quantitative estimate of drug-likeness (QED) is 0.681. The maximum atomic E-state index is 13.1. The number of hydrogen-bond acceptors (Lipinski definition) is 6. The van der Waals surface area contributed by atoms with Crippen LogP contribution in [0.15, 0.2) is 46.7 Å². The summed E-state index contributed by atoms with van der Waals surface area (Å²) in [6, 6.07) is 9.32. The van der Waals surface area contributed by atoms with E-state index in [2.05, 4.69) is 32.4 Å². The van der Waals surface area contributed by atoms with E-state index < -0.39 is 0 Å². The van der Waals surface area contributed by atoms with Crippen LogP contribution in [0.25, 0.3) is 0 Å². The number of hydrogen-bond donors (Lipinski definition) is 1. The van der Waals surface area contributed by atoms with E-state index in [1.54, 1.807) is 29.7 Å². The molecule has 1 fully saturated rings. The number of carbonyl (C=O) groups excluding carboxylic acids is 1. The first kappa shape index (κ1) is 20.1. The molecule has 2 aliphatic rings. The molecule has 5 heterocycles. The van der Waals surface area contributed by atoms with Crippen molar-refractivity contribution in [1.82, 2.24) is 24.8 Å². The molecule has 3 aromatic rings. The van der Waals surface area contributed by atoms with Crippen molar-refractivity contribution in [2.24, 2.45) is 0 Å². The zero-order valence-corrected chi connectivity index (χ0v) is 18.1. The van der Waals surface area contributed by atoms with Crippen LogP contribution in [0.2, 0.25) is 0 Å². The number of likely N-dealkylation sites (tertiary alicyclic amines) is 1. The smallest absolute Gasteiger partial charge is 0.273 e. The molecular weight excluding hydrogens is 410 g/mol. The second-order valence-corrected chi connectivity index (χ2v) is 9.17. The first-order valence-electron chi connectivity index (χ1n) is 10.8. The molecule has 160 valence electrons. The highest BCUT2D eigenvalue weighted by Gasteiger charge is 2.32. The minimum absolute atomic E-state index is 0.0771. The monoisotopic (exact) mass is 435 g/mol. The molecule has 0 aromatic carbocycles. The number of nitrogens with zero attached hydrogens (tertiary/aromatic N) is 4.